The molecule has 6 rings (SSSR count). The molecule has 0 saturated carbocycles. The predicted octanol–water partition coefficient (Wildman–Crippen LogP) is 4.53. The van der Waals surface area contributed by atoms with Gasteiger partial charge in [-0.15, -0.1) is 0 Å². The molecule has 8 heteroatoms. The van der Waals surface area contributed by atoms with Crippen molar-refractivity contribution in [1.82, 2.24) is 10.6 Å². The molecule has 2 aliphatic rings. The lowest BCUT2D eigenvalue weighted by atomic mass is 9.91. The van der Waals surface area contributed by atoms with Gasteiger partial charge in [0.1, 0.15) is 18.1 Å². The van der Waals surface area contributed by atoms with E-state index in [1.165, 1.54) is 0 Å². The Balaban J connectivity index is 1.42. The molecule has 2 heterocycles. The highest BCUT2D eigenvalue weighted by atomic mass is 16.5. The van der Waals surface area contributed by atoms with Crippen LogP contribution < -0.4 is 25.1 Å². The van der Waals surface area contributed by atoms with Crippen LogP contribution in [0.1, 0.15) is 26.3 Å². The van der Waals surface area contributed by atoms with Crippen LogP contribution in [-0.4, -0.2) is 49.9 Å². The lowest BCUT2D eigenvalue weighted by Gasteiger charge is -2.29. The highest BCUT2D eigenvalue weighted by Crippen LogP contribution is 2.33. The molecular formula is C33H30N4O4. The molecule has 0 bridgehead atoms. The van der Waals surface area contributed by atoms with E-state index >= 15 is 0 Å². The van der Waals surface area contributed by atoms with Crippen molar-refractivity contribution in [2.75, 3.05) is 31.3 Å². The summed E-state index contributed by atoms with van der Waals surface area (Å²) >= 11 is 0. The minimum absolute atomic E-state index is 0.220. The molecule has 2 aliphatic heterocycles. The van der Waals surface area contributed by atoms with Gasteiger partial charge >= 0.3 is 0 Å². The first-order valence-electron chi connectivity index (χ1n) is 13.7. The number of para-hydroxylation sites is 3. The first-order chi connectivity index (χ1) is 20.2. The highest BCUT2D eigenvalue weighted by molar-refractivity contribution is 6.05. The Morgan fingerprint density at radius 1 is 0.634 bits per heavy atom. The Labute approximate surface area is 238 Å². The normalized spacial score (nSPS) is 19.3. The van der Waals surface area contributed by atoms with Gasteiger partial charge in [0.2, 0.25) is 0 Å². The van der Waals surface area contributed by atoms with Gasteiger partial charge in [0, 0.05) is 13.1 Å². The van der Waals surface area contributed by atoms with Crippen molar-refractivity contribution in [2.24, 2.45) is 11.0 Å². The second kappa shape index (κ2) is 12.0. The molecule has 8 nitrogen and oxygen atoms in total. The number of nitrogens with zero attached hydrogens (tertiary/aromatic N) is 2. The number of carbonyl (C=O) groups excluding carboxylic acids is 2. The topological polar surface area (TPSA) is 92.3 Å². The van der Waals surface area contributed by atoms with Crippen LogP contribution in [0.25, 0.3) is 0 Å². The maximum absolute atomic E-state index is 13.1. The minimum atomic E-state index is -0.269. The van der Waals surface area contributed by atoms with Gasteiger partial charge in [0.05, 0.1) is 41.1 Å². The Morgan fingerprint density at radius 2 is 1.15 bits per heavy atom. The summed E-state index contributed by atoms with van der Waals surface area (Å²) in [5.74, 6) is 0.206. The van der Waals surface area contributed by atoms with Crippen molar-refractivity contribution in [3.05, 3.63) is 126 Å². The first-order valence-corrected chi connectivity index (χ1v) is 13.7. The van der Waals surface area contributed by atoms with E-state index in [0.717, 1.165) is 17.0 Å². The third-order valence-corrected chi connectivity index (χ3v) is 7.22. The van der Waals surface area contributed by atoms with E-state index < -0.39 is 0 Å². The quantitative estimate of drug-likeness (QED) is 0.386. The highest BCUT2D eigenvalue weighted by Gasteiger charge is 2.40. The van der Waals surface area contributed by atoms with Crippen molar-refractivity contribution in [3.8, 4) is 11.5 Å². The molecule has 2 amide bonds. The van der Waals surface area contributed by atoms with Crippen LogP contribution in [-0.2, 0) is 0 Å². The van der Waals surface area contributed by atoms with E-state index in [4.69, 9.17) is 14.6 Å². The van der Waals surface area contributed by atoms with Crippen LogP contribution in [0.3, 0.4) is 0 Å². The Morgan fingerprint density at radius 3 is 1.76 bits per heavy atom. The maximum Gasteiger partial charge on any atom is 0.255 e. The van der Waals surface area contributed by atoms with Gasteiger partial charge in [-0.25, -0.2) is 0 Å². The molecule has 4 aromatic rings. The van der Waals surface area contributed by atoms with Crippen molar-refractivity contribution in [2.45, 2.75) is 6.04 Å². The van der Waals surface area contributed by atoms with E-state index in [9.17, 15) is 9.59 Å². The fourth-order valence-electron chi connectivity index (χ4n) is 5.16. The van der Waals surface area contributed by atoms with Crippen LogP contribution in [0, 0.1) is 5.92 Å². The van der Waals surface area contributed by atoms with Gasteiger partial charge in [0.15, 0.2) is 0 Å². The number of carbonyl (C=O) groups is 2. The SMILES string of the molecule is O=C1NCCNC(=O)c2ccccc2OC[C@H]2C(c3ccccc3)=NN(c3ccccc3)[C@@H]2COc2ccccc21. The molecular weight excluding hydrogens is 516 g/mol. The van der Waals surface area contributed by atoms with Crippen molar-refractivity contribution in [3.63, 3.8) is 0 Å². The van der Waals surface area contributed by atoms with E-state index in [-0.39, 0.29) is 50.1 Å². The summed E-state index contributed by atoms with van der Waals surface area (Å²) in [4.78, 5) is 26.1. The average Bonchev–Trinajstić information content (AvgIpc) is 3.39. The van der Waals surface area contributed by atoms with Gasteiger partial charge in [-0.1, -0.05) is 72.8 Å². The second-order valence-electron chi connectivity index (χ2n) is 9.83. The molecule has 4 aromatic carbocycles. The van der Waals surface area contributed by atoms with Gasteiger partial charge in [-0.05, 0) is 42.0 Å². The van der Waals surface area contributed by atoms with E-state index in [1.807, 2.05) is 77.8 Å². The number of hydrogen-bond donors (Lipinski definition) is 2. The number of nitrogens with one attached hydrogen (secondary N) is 2. The number of ether oxygens (including phenoxy) is 2. The first kappa shape index (κ1) is 26.1. The van der Waals surface area contributed by atoms with Crippen LogP contribution in [0.5, 0.6) is 11.5 Å². The average molecular weight is 547 g/mol. The molecule has 41 heavy (non-hydrogen) atoms. The molecule has 206 valence electrons. The summed E-state index contributed by atoms with van der Waals surface area (Å²) in [6.45, 7) is 1.04. The van der Waals surface area contributed by atoms with E-state index in [2.05, 4.69) is 10.6 Å². The molecule has 0 unspecified atom stereocenters. The summed E-state index contributed by atoms with van der Waals surface area (Å²) in [6, 6.07) is 34.0. The predicted molar refractivity (Wildman–Crippen MR) is 158 cm³/mol. The molecule has 0 fully saturated rings. The number of anilines is 1. The van der Waals surface area contributed by atoms with E-state index in [1.54, 1.807) is 36.4 Å². The van der Waals surface area contributed by atoms with Crippen molar-refractivity contribution in [1.29, 1.82) is 0 Å². The van der Waals surface area contributed by atoms with Crippen LogP contribution in [0.2, 0.25) is 0 Å². The molecule has 0 aromatic heterocycles. The van der Waals surface area contributed by atoms with Crippen molar-refractivity contribution < 1.29 is 19.1 Å². The molecule has 0 radical (unpaired) electrons. The summed E-state index contributed by atoms with van der Waals surface area (Å²) in [6.07, 6.45) is 0. The fourth-order valence-corrected chi connectivity index (χ4v) is 5.16. The van der Waals surface area contributed by atoms with Gasteiger partial charge < -0.3 is 20.1 Å². The third-order valence-electron chi connectivity index (χ3n) is 7.22. The summed E-state index contributed by atoms with van der Waals surface area (Å²) < 4.78 is 12.8. The number of benzene rings is 4. The largest absolute Gasteiger partial charge is 0.492 e. The number of amides is 2. The van der Waals surface area contributed by atoms with Gasteiger partial charge in [0.25, 0.3) is 11.8 Å². The Hall–Kier alpha value is -5.11. The Bertz CT molecular complexity index is 1560. The molecule has 0 aliphatic carbocycles. The summed E-state index contributed by atoms with van der Waals surface area (Å²) in [5, 5.41) is 12.8. The van der Waals surface area contributed by atoms with Crippen LogP contribution in [0.15, 0.2) is 114 Å². The van der Waals surface area contributed by atoms with E-state index in [0.29, 0.717) is 22.6 Å². The third kappa shape index (κ3) is 5.63. The van der Waals surface area contributed by atoms with Gasteiger partial charge in [-0.3, -0.25) is 14.6 Å². The van der Waals surface area contributed by atoms with Crippen molar-refractivity contribution >= 4 is 23.2 Å². The molecule has 2 atom stereocenters. The summed E-state index contributed by atoms with van der Waals surface area (Å²) in [7, 11) is 0. The fraction of sp³-hybridized carbons (Fsp3) is 0.182. The zero-order valence-electron chi connectivity index (χ0n) is 22.4. The monoisotopic (exact) mass is 546 g/mol. The zero-order valence-corrected chi connectivity index (χ0v) is 22.4. The Kier molecular flexibility index (Phi) is 7.62. The number of hydrogen-bond acceptors (Lipinski definition) is 6. The number of hydrazone groups is 1. The number of fused-ring (bicyclic) bond motifs is 3. The molecule has 0 spiro atoms. The number of rotatable bonds is 2. The molecule has 0 saturated heterocycles. The second-order valence-corrected chi connectivity index (χ2v) is 9.83. The maximum atomic E-state index is 13.1. The van der Waals surface area contributed by atoms with Crippen LogP contribution in [0.4, 0.5) is 5.69 Å². The smallest absolute Gasteiger partial charge is 0.255 e. The zero-order chi connectivity index (χ0) is 28.0. The van der Waals surface area contributed by atoms with Gasteiger partial charge in [-0.2, -0.15) is 5.10 Å². The standard InChI is InChI=1S/C33H30N4O4/c38-32-25-15-7-9-17-29(25)40-21-27-28(22-41-30-18-10-8-16-26(30)33(39)35-20-19-34-32)37(24-13-5-2-6-14-24)36-31(27)23-11-3-1-4-12-23/h1-18,27-28H,19-22H2,(H,34,38)(H,35,39)/t27-,28-/m1/s1. The lowest BCUT2D eigenvalue weighted by molar-refractivity contribution is 0.0921. The molecule has 2 N–H and O–H groups in total. The van der Waals surface area contributed by atoms with Crippen LogP contribution >= 0.6 is 0 Å². The lowest BCUT2D eigenvalue weighted by Crippen LogP contribution is -2.42. The summed E-state index contributed by atoms with van der Waals surface area (Å²) in [5.41, 5.74) is 3.61. The minimum Gasteiger partial charge on any atom is -0.492 e.